The maximum atomic E-state index is 13.0. The van der Waals surface area contributed by atoms with Crippen molar-refractivity contribution in [2.24, 2.45) is 0 Å². The molecule has 0 bridgehead atoms. The number of ether oxygens (including phenoxy) is 1. The van der Waals surface area contributed by atoms with Crippen LogP contribution in [0.4, 0.5) is 11.4 Å². The van der Waals surface area contributed by atoms with Crippen molar-refractivity contribution in [1.29, 1.82) is 0 Å². The van der Waals surface area contributed by atoms with Gasteiger partial charge in [0.2, 0.25) is 0 Å². The summed E-state index contributed by atoms with van der Waals surface area (Å²) in [6.45, 7) is 2.53. The highest BCUT2D eigenvalue weighted by Crippen LogP contribution is 2.39. The Labute approximate surface area is 152 Å². The molecule has 0 radical (unpaired) electrons. The number of carbonyl (C=O) groups excluding carboxylic acids is 1. The molecule has 3 aromatic rings. The molecule has 0 spiro atoms. The topological polar surface area (TPSA) is 54.5 Å². The lowest BCUT2D eigenvalue weighted by atomic mass is 10.1. The number of hydrogen-bond donors (Lipinski definition) is 1. The molecule has 1 aromatic heterocycles. The third-order valence-electron chi connectivity index (χ3n) is 4.37. The molecular formula is C21H19N3O2. The highest BCUT2D eigenvalue weighted by atomic mass is 16.5. The van der Waals surface area contributed by atoms with Crippen LogP contribution in [0, 0.1) is 0 Å². The molecule has 1 aliphatic heterocycles. The van der Waals surface area contributed by atoms with E-state index < -0.39 is 0 Å². The normalized spacial score (nSPS) is 15.7. The fraction of sp³-hybridized carbons (Fsp3) is 0.143. The van der Waals surface area contributed by atoms with Crippen molar-refractivity contribution in [2.75, 3.05) is 16.8 Å². The van der Waals surface area contributed by atoms with Crippen LogP contribution in [0.2, 0.25) is 0 Å². The van der Waals surface area contributed by atoms with Crippen LogP contribution in [-0.2, 0) is 0 Å². The molecule has 0 saturated heterocycles. The van der Waals surface area contributed by atoms with Crippen molar-refractivity contribution in [3.05, 3.63) is 84.2 Å². The van der Waals surface area contributed by atoms with Crippen LogP contribution in [0.5, 0.6) is 5.75 Å². The first-order valence-corrected chi connectivity index (χ1v) is 8.60. The molecule has 5 heteroatoms. The minimum atomic E-state index is -0.329. The van der Waals surface area contributed by atoms with Crippen LogP contribution in [0.25, 0.3) is 0 Å². The van der Waals surface area contributed by atoms with Gasteiger partial charge in [-0.15, -0.1) is 0 Å². The van der Waals surface area contributed by atoms with Crippen molar-refractivity contribution in [1.82, 2.24) is 4.98 Å². The van der Waals surface area contributed by atoms with E-state index in [0.717, 1.165) is 22.7 Å². The van der Waals surface area contributed by atoms with Crippen molar-refractivity contribution in [3.63, 3.8) is 0 Å². The lowest BCUT2D eigenvalue weighted by molar-refractivity contribution is 0.0993. The van der Waals surface area contributed by atoms with E-state index in [0.29, 0.717) is 12.2 Å². The predicted molar refractivity (Wildman–Crippen MR) is 101 cm³/mol. The number of nitrogens with one attached hydrogen (secondary N) is 1. The molecule has 0 saturated carbocycles. The van der Waals surface area contributed by atoms with Crippen molar-refractivity contribution in [3.8, 4) is 5.75 Å². The summed E-state index contributed by atoms with van der Waals surface area (Å²) in [5, 5.41) is 3.48. The van der Waals surface area contributed by atoms with Crippen LogP contribution in [-0.4, -0.2) is 17.5 Å². The maximum absolute atomic E-state index is 13.0. The Balaban J connectivity index is 1.77. The first-order valence-electron chi connectivity index (χ1n) is 8.60. The summed E-state index contributed by atoms with van der Waals surface area (Å²) in [4.78, 5) is 18.9. The molecule has 4 rings (SSSR count). The number of rotatable bonds is 5. The van der Waals surface area contributed by atoms with E-state index in [1.54, 1.807) is 17.3 Å². The molecule has 5 nitrogen and oxygen atoms in total. The second kappa shape index (κ2) is 6.88. The van der Waals surface area contributed by atoms with E-state index in [9.17, 15) is 4.79 Å². The summed E-state index contributed by atoms with van der Waals surface area (Å²) in [6.07, 6.45) is 3.07. The van der Waals surface area contributed by atoms with Gasteiger partial charge in [-0.2, -0.15) is 0 Å². The smallest absolute Gasteiger partial charge is 0.260 e. The Bertz CT molecular complexity index is 927. The van der Waals surface area contributed by atoms with Gasteiger partial charge in [0.15, 0.2) is 0 Å². The number of pyridine rings is 1. The molecular weight excluding hydrogens is 326 g/mol. The van der Waals surface area contributed by atoms with Crippen molar-refractivity contribution in [2.45, 2.75) is 13.1 Å². The Hall–Kier alpha value is -3.34. The predicted octanol–water partition coefficient (Wildman–Crippen LogP) is 4.25. The number of nitrogens with zero attached hydrogens (tertiary/aromatic N) is 2. The van der Waals surface area contributed by atoms with Gasteiger partial charge in [-0.3, -0.25) is 14.7 Å². The lowest BCUT2D eigenvalue weighted by Crippen LogP contribution is -2.32. The molecule has 0 fully saturated rings. The third-order valence-corrected chi connectivity index (χ3v) is 4.37. The van der Waals surface area contributed by atoms with E-state index in [2.05, 4.69) is 10.3 Å². The summed E-state index contributed by atoms with van der Waals surface area (Å²) in [5.41, 5.74) is 3.23. The Morgan fingerprint density at radius 3 is 2.69 bits per heavy atom. The number of carbonyl (C=O) groups is 1. The van der Waals surface area contributed by atoms with Gasteiger partial charge in [0.05, 0.1) is 24.2 Å². The van der Waals surface area contributed by atoms with Gasteiger partial charge in [0, 0.05) is 17.3 Å². The fourth-order valence-electron chi connectivity index (χ4n) is 3.24. The highest BCUT2D eigenvalue weighted by molar-refractivity contribution is 6.11. The zero-order valence-electron chi connectivity index (χ0n) is 14.4. The Morgan fingerprint density at radius 1 is 1.08 bits per heavy atom. The molecule has 1 amide bonds. The maximum Gasteiger partial charge on any atom is 0.260 e. The van der Waals surface area contributed by atoms with E-state index in [-0.39, 0.29) is 12.1 Å². The molecule has 0 aliphatic carbocycles. The van der Waals surface area contributed by atoms with Gasteiger partial charge >= 0.3 is 0 Å². The first-order chi connectivity index (χ1) is 12.8. The minimum Gasteiger partial charge on any atom is -0.492 e. The van der Waals surface area contributed by atoms with Crippen LogP contribution in [0.15, 0.2) is 73.1 Å². The van der Waals surface area contributed by atoms with Gasteiger partial charge in [0.25, 0.3) is 5.91 Å². The molecule has 2 aromatic carbocycles. The number of anilines is 2. The standard InChI is InChI=1S/C21H19N3O2/c1-2-26-19-12-6-5-11-18(19)23-20-16-9-3-4-10-17(16)21(25)24(20)15-8-7-13-22-14-15/h3-14,20,23H,2H2,1H3/t20-/m1/s1. The van der Waals surface area contributed by atoms with E-state index in [1.165, 1.54) is 0 Å². The number of amides is 1. The van der Waals surface area contributed by atoms with E-state index in [1.807, 2.05) is 67.6 Å². The molecule has 2 heterocycles. The summed E-state index contributed by atoms with van der Waals surface area (Å²) < 4.78 is 5.72. The number of fused-ring (bicyclic) bond motifs is 1. The minimum absolute atomic E-state index is 0.0417. The SMILES string of the molecule is CCOc1ccccc1N[C@H]1c2ccccc2C(=O)N1c1cccnc1. The number of hydrogen-bond acceptors (Lipinski definition) is 4. The van der Waals surface area contributed by atoms with Crippen molar-refractivity contribution < 1.29 is 9.53 Å². The summed E-state index contributed by atoms with van der Waals surface area (Å²) in [5.74, 6) is 0.720. The summed E-state index contributed by atoms with van der Waals surface area (Å²) in [7, 11) is 0. The Morgan fingerprint density at radius 2 is 1.88 bits per heavy atom. The van der Waals surface area contributed by atoms with Gasteiger partial charge in [0.1, 0.15) is 11.9 Å². The molecule has 0 unspecified atom stereocenters. The van der Waals surface area contributed by atoms with Gasteiger partial charge in [-0.05, 0) is 37.3 Å². The quantitative estimate of drug-likeness (QED) is 0.751. The molecule has 130 valence electrons. The van der Waals surface area contributed by atoms with Gasteiger partial charge < -0.3 is 10.1 Å². The average Bonchev–Trinajstić information content (AvgIpc) is 2.96. The third kappa shape index (κ3) is 2.77. The highest BCUT2D eigenvalue weighted by Gasteiger charge is 2.37. The molecule has 26 heavy (non-hydrogen) atoms. The average molecular weight is 345 g/mol. The van der Waals surface area contributed by atoms with Crippen LogP contribution >= 0.6 is 0 Å². The Kier molecular flexibility index (Phi) is 4.27. The number of para-hydroxylation sites is 2. The summed E-state index contributed by atoms with van der Waals surface area (Å²) in [6, 6.07) is 19.1. The second-order valence-corrected chi connectivity index (χ2v) is 5.95. The van der Waals surface area contributed by atoms with Crippen LogP contribution in [0.1, 0.15) is 29.0 Å². The zero-order chi connectivity index (χ0) is 17.9. The molecule has 1 N–H and O–H groups in total. The second-order valence-electron chi connectivity index (χ2n) is 5.95. The largest absolute Gasteiger partial charge is 0.492 e. The molecule has 1 atom stereocenters. The van der Waals surface area contributed by atoms with Gasteiger partial charge in [-0.25, -0.2) is 0 Å². The van der Waals surface area contributed by atoms with Gasteiger partial charge in [-0.1, -0.05) is 30.3 Å². The first kappa shape index (κ1) is 16.1. The van der Waals surface area contributed by atoms with Crippen molar-refractivity contribution >= 4 is 17.3 Å². The van der Waals surface area contributed by atoms with Crippen LogP contribution in [0.3, 0.4) is 0 Å². The van der Waals surface area contributed by atoms with E-state index in [4.69, 9.17) is 4.74 Å². The number of aromatic nitrogens is 1. The van der Waals surface area contributed by atoms with Crippen LogP contribution < -0.4 is 15.0 Å². The van der Waals surface area contributed by atoms with E-state index >= 15 is 0 Å². The summed E-state index contributed by atoms with van der Waals surface area (Å²) >= 11 is 0. The zero-order valence-corrected chi connectivity index (χ0v) is 14.4. The monoisotopic (exact) mass is 345 g/mol. The lowest BCUT2D eigenvalue weighted by Gasteiger charge is -2.27. The molecule has 1 aliphatic rings. The number of benzene rings is 2. The fourth-order valence-corrected chi connectivity index (χ4v) is 3.24.